The lowest BCUT2D eigenvalue weighted by atomic mass is 9.96. The number of rotatable bonds is 7. The molecular weight excluding hydrogens is 278 g/mol. The number of methoxy groups -OCH3 is 1. The topological polar surface area (TPSA) is 53.6 Å². The number of nitrogens with zero attached hydrogens (tertiary/aromatic N) is 1. The highest BCUT2D eigenvalue weighted by atomic mass is 16.5. The number of likely N-dealkylation sites (tertiary alicyclic amines) is 1. The van der Waals surface area contributed by atoms with Crippen LogP contribution >= 0.6 is 0 Å². The van der Waals surface area contributed by atoms with E-state index in [0.29, 0.717) is 12.5 Å². The van der Waals surface area contributed by atoms with Crippen LogP contribution in [0.2, 0.25) is 0 Å². The molecule has 1 fully saturated rings. The zero-order valence-corrected chi connectivity index (χ0v) is 13.6. The van der Waals surface area contributed by atoms with Crippen LogP contribution in [0, 0.1) is 5.92 Å². The predicted molar refractivity (Wildman–Crippen MR) is 87.9 cm³/mol. The normalized spacial score (nSPS) is 16.5. The van der Waals surface area contributed by atoms with Gasteiger partial charge in [-0.3, -0.25) is 9.69 Å². The highest BCUT2D eigenvalue weighted by molar-refractivity contribution is 5.77. The number of carbonyl (C=O) groups is 1. The van der Waals surface area contributed by atoms with Gasteiger partial charge in [0.25, 0.3) is 0 Å². The van der Waals surface area contributed by atoms with Crippen molar-refractivity contribution in [3.8, 4) is 5.75 Å². The van der Waals surface area contributed by atoms with Crippen molar-refractivity contribution in [2.24, 2.45) is 5.92 Å². The van der Waals surface area contributed by atoms with Crippen molar-refractivity contribution in [1.29, 1.82) is 0 Å². The number of amides is 1. The first-order valence-corrected chi connectivity index (χ1v) is 7.98. The van der Waals surface area contributed by atoms with Crippen LogP contribution in [0.1, 0.15) is 18.4 Å². The molecule has 2 rings (SSSR count). The third-order valence-electron chi connectivity index (χ3n) is 4.20. The number of ether oxygens (including phenoxy) is 1. The van der Waals surface area contributed by atoms with E-state index >= 15 is 0 Å². The number of hydrogen-bond acceptors (Lipinski definition) is 4. The maximum atomic E-state index is 11.4. The average Bonchev–Trinajstić information content (AvgIpc) is 2.55. The standard InChI is InChI=1S/C17H27N3O2/c1-18-12-17(21)19-11-14-7-9-20(10-8-14)13-15-3-5-16(22-2)6-4-15/h3-6,14,18H,7-13H2,1-2H3,(H,19,21). The van der Waals surface area contributed by atoms with Crippen LogP contribution in [0.25, 0.3) is 0 Å². The molecule has 1 aromatic carbocycles. The summed E-state index contributed by atoms with van der Waals surface area (Å²) in [6.07, 6.45) is 2.30. The van der Waals surface area contributed by atoms with Crippen LogP contribution in [-0.2, 0) is 11.3 Å². The molecule has 0 saturated carbocycles. The summed E-state index contributed by atoms with van der Waals surface area (Å²) in [6.45, 7) is 4.38. The third kappa shape index (κ3) is 5.31. The molecule has 2 N–H and O–H groups in total. The van der Waals surface area contributed by atoms with Gasteiger partial charge in [-0.2, -0.15) is 0 Å². The van der Waals surface area contributed by atoms with E-state index in [-0.39, 0.29) is 5.91 Å². The van der Waals surface area contributed by atoms with Gasteiger partial charge in [0.15, 0.2) is 0 Å². The molecule has 1 amide bonds. The van der Waals surface area contributed by atoms with Crippen molar-refractivity contribution in [2.75, 3.05) is 40.3 Å². The molecule has 0 atom stereocenters. The van der Waals surface area contributed by atoms with Gasteiger partial charge in [-0.1, -0.05) is 12.1 Å². The highest BCUT2D eigenvalue weighted by Crippen LogP contribution is 2.19. The summed E-state index contributed by atoms with van der Waals surface area (Å²) in [5.41, 5.74) is 1.32. The maximum Gasteiger partial charge on any atom is 0.233 e. The van der Waals surface area contributed by atoms with Crippen LogP contribution in [0.3, 0.4) is 0 Å². The zero-order valence-electron chi connectivity index (χ0n) is 13.6. The van der Waals surface area contributed by atoms with E-state index in [2.05, 4.69) is 27.7 Å². The lowest BCUT2D eigenvalue weighted by Crippen LogP contribution is -2.40. The molecule has 1 aromatic rings. The van der Waals surface area contributed by atoms with Crippen molar-refractivity contribution in [2.45, 2.75) is 19.4 Å². The SMILES string of the molecule is CNCC(=O)NCC1CCN(Cc2ccc(OC)cc2)CC1. The predicted octanol–water partition coefficient (Wildman–Crippen LogP) is 1.24. The van der Waals surface area contributed by atoms with E-state index in [9.17, 15) is 4.79 Å². The number of hydrogen-bond donors (Lipinski definition) is 2. The Bertz CT molecular complexity index is 453. The Morgan fingerprint density at radius 1 is 1.27 bits per heavy atom. The number of piperidine rings is 1. The number of carbonyl (C=O) groups excluding carboxylic acids is 1. The highest BCUT2D eigenvalue weighted by Gasteiger charge is 2.19. The Balaban J connectivity index is 1.69. The minimum atomic E-state index is 0.0863. The monoisotopic (exact) mass is 305 g/mol. The third-order valence-corrected chi connectivity index (χ3v) is 4.20. The second-order valence-electron chi connectivity index (χ2n) is 5.90. The molecule has 1 saturated heterocycles. The molecule has 0 radical (unpaired) electrons. The second kappa shape index (κ2) is 8.76. The van der Waals surface area contributed by atoms with Gasteiger partial charge in [-0.25, -0.2) is 0 Å². The molecule has 1 aliphatic rings. The molecule has 0 bridgehead atoms. The number of likely N-dealkylation sites (N-methyl/N-ethyl adjacent to an activating group) is 1. The molecule has 1 heterocycles. The fourth-order valence-corrected chi connectivity index (χ4v) is 2.82. The van der Waals surface area contributed by atoms with E-state index in [1.165, 1.54) is 5.56 Å². The summed E-state index contributed by atoms with van der Waals surface area (Å²) in [5, 5.41) is 5.87. The van der Waals surface area contributed by atoms with Gasteiger partial charge < -0.3 is 15.4 Å². The largest absolute Gasteiger partial charge is 0.497 e. The molecular formula is C17H27N3O2. The van der Waals surface area contributed by atoms with E-state index in [0.717, 1.165) is 44.8 Å². The van der Waals surface area contributed by atoms with Crippen LogP contribution in [0.15, 0.2) is 24.3 Å². The van der Waals surface area contributed by atoms with Gasteiger partial charge in [0, 0.05) is 13.1 Å². The Morgan fingerprint density at radius 2 is 1.95 bits per heavy atom. The van der Waals surface area contributed by atoms with E-state index in [1.54, 1.807) is 14.2 Å². The minimum Gasteiger partial charge on any atom is -0.497 e. The van der Waals surface area contributed by atoms with Crippen LogP contribution < -0.4 is 15.4 Å². The second-order valence-corrected chi connectivity index (χ2v) is 5.90. The molecule has 0 aromatic heterocycles. The number of benzene rings is 1. The summed E-state index contributed by atoms with van der Waals surface area (Å²) in [7, 11) is 3.48. The Labute approximate surface area is 133 Å². The van der Waals surface area contributed by atoms with Crippen molar-refractivity contribution in [3.05, 3.63) is 29.8 Å². The van der Waals surface area contributed by atoms with E-state index in [4.69, 9.17) is 4.74 Å². The fourth-order valence-electron chi connectivity index (χ4n) is 2.82. The van der Waals surface area contributed by atoms with Crippen LogP contribution in [0.5, 0.6) is 5.75 Å². The molecule has 0 spiro atoms. The van der Waals surface area contributed by atoms with Crippen LogP contribution in [-0.4, -0.2) is 51.1 Å². The van der Waals surface area contributed by atoms with Crippen molar-refractivity contribution < 1.29 is 9.53 Å². The quantitative estimate of drug-likeness (QED) is 0.796. The van der Waals surface area contributed by atoms with Crippen molar-refractivity contribution in [1.82, 2.24) is 15.5 Å². The average molecular weight is 305 g/mol. The lowest BCUT2D eigenvalue weighted by molar-refractivity contribution is -0.120. The van der Waals surface area contributed by atoms with Crippen molar-refractivity contribution >= 4 is 5.91 Å². The maximum absolute atomic E-state index is 11.4. The summed E-state index contributed by atoms with van der Waals surface area (Å²) in [5.74, 6) is 1.59. The van der Waals surface area contributed by atoms with E-state index < -0.39 is 0 Å². The Hall–Kier alpha value is -1.59. The zero-order chi connectivity index (χ0) is 15.8. The Kier molecular flexibility index (Phi) is 6.68. The summed E-state index contributed by atoms with van der Waals surface area (Å²) in [6, 6.07) is 8.28. The van der Waals surface area contributed by atoms with Gasteiger partial charge in [0.2, 0.25) is 5.91 Å². The van der Waals surface area contributed by atoms with Gasteiger partial charge in [-0.05, 0) is 56.6 Å². The molecule has 5 nitrogen and oxygen atoms in total. The summed E-state index contributed by atoms with van der Waals surface area (Å²) < 4.78 is 5.18. The first-order valence-electron chi connectivity index (χ1n) is 7.98. The first-order chi connectivity index (χ1) is 10.7. The van der Waals surface area contributed by atoms with E-state index in [1.807, 2.05) is 12.1 Å². The summed E-state index contributed by atoms with van der Waals surface area (Å²) >= 11 is 0. The van der Waals surface area contributed by atoms with Gasteiger partial charge >= 0.3 is 0 Å². The molecule has 0 aliphatic carbocycles. The minimum absolute atomic E-state index is 0.0863. The van der Waals surface area contributed by atoms with Crippen LogP contribution in [0.4, 0.5) is 0 Å². The van der Waals surface area contributed by atoms with Crippen molar-refractivity contribution in [3.63, 3.8) is 0 Å². The summed E-state index contributed by atoms with van der Waals surface area (Å²) in [4.78, 5) is 13.9. The molecule has 122 valence electrons. The first kappa shape index (κ1) is 16.8. The molecule has 1 aliphatic heterocycles. The van der Waals surface area contributed by atoms with Gasteiger partial charge in [0.1, 0.15) is 5.75 Å². The smallest absolute Gasteiger partial charge is 0.233 e. The molecule has 0 unspecified atom stereocenters. The fraction of sp³-hybridized carbons (Fsp3) is 0.588. The lowest BCUT2D eigenvalue weighted by Gasteiger charge is -2.32. The number of nitrogens with one attached hydrogen (secondary N) is 2. The molecule has 22 heavy (non-hydrogen) atoms. The Morgan fingerprint density at radius 3 is 2.55 bits per heavy atom. The van der Waals surface area contributed by atoms with Gasteiger partial charge in [0.05, 0.1) is 13.7 Å². The van der Waals surface area contributed by atoms with Gasteiger partial charge in [-0.15, -0.1) is 0 Å². The molecule has 5 heteroatoms.